The van der Waals surface area contributed by atoms with Crippen LogP contribution in [0, 0.1) is 22.7 Å². The molecule has 5 unspecified atom stereocenters. The van der Waals surface area contributed by atoms with Gasteiger partial charge in [0.2, 0.25) is 0 Å². The first-order valence-electron chi connectivity index (χ1n) is 11.1. The van der Waals surface area contributed by atoms with Crippen LogP contribution in [-0.2, 0) is 23.9 Å². The molecule has 0 radical (unpaired) electrons. The van der Waals surface area contributed by atoms with Gasteiger partial charge in [0.25, 0.3) is 0 Å². The molecule has 2 aliphatic carbocycles. The van der Waals surface area contributed by atoms with Crippen molar-refractivity contribution in [3.05, 3.63) is 23.3 Å². The average Bonchev–Trinajstić information content (AvgIpc) is 3.09. The molecule has 3 aliphatic rings. The lowest BCUT2D eigenvalue weighted by molar-refractivity contribution is -0.198. The minimum atomic E-state index is -1.05. The molecule has 0 spiro atoms. The Morgan fingerprint density at radius 1 is 1.26 bits per heavy atom. The van der Waals surface area contributed by atoms with Gasteiger partial charge in [0.05, 0.1) is 18.9 Å². The van der Waals surface area contributed by atoms with E-state index in [1.807, 2.05) is 13.8 Å². The number of carboxylic acids is 1. The van der Waals surface area contributed by atoms with E-state index >= 15 is 0 Å². The average molecular weight is 435 g/mol. The Bertz CT molecular complexity index is 809. The van der Waals surface area contributed by atoms with Crippen molar-refractivity contribution in [2.24, 2.45) is 22.7 Å². The molecule has 7 nitrogen and oxygen atoms in total. The molecule has 0 saturated heterocycles. The number of hydrogen-bond donors (Lipinski definition) is 2. The fraction of sp³-hybridized carbons (Fsp3) is 0.708. The van der Waals surface area contributed by atoms with E-state index in [-0.39, 0.29) is 36.1 Å². The number of fused-ring (bicyclic) bond motifs is 1. The maximum absolute atomic E-state index is 12.3. The highest BCUT2D eigenvalue weighted by Gasteiger charge is 2.59. The molecule has 1 heterocycles. The van der Waals surface area contributed by atoms with Crippen molar-refractivity contribution in [2.45, 2.75) is 78.4 Å². The number of rotatable bonds is 7. The van der Waals surface area contributed by atoms with Gasteiger partial charge < -0.3 is 19.7 Å². The minimum absolute atomic E-state index is 0.202. The van der Waals surface area contributed by atoms with E-state index in [1.54, 1.807) is 6.08 Å². The lowest BCUT2D eigenvalue weighted by Crippen LogP contribution is -2.60. The second kappa shape index (κ2) is 8.77. The summed E-state index contributed by atoms with van der Waals surface area (Å²) in [4.78, 5) is 34.4. The summed E-state index contributed by atoms with van der Waals surface area (Å²) >= 11 is 0. The van der Waals surface area contributed by atoms with Crippen molar-refractivity contribution in [1.82, 2.24) is 0 Å². The molecule has 0 aromatic carbocycles. The summed E-state index contributed by atoms with van der Waals surface area (Å²) < 4.78 is 10.7. The van der Waals surface area contributed by atoms with Crippen LogP contribution >= 0.6 is 0 Å². The van der Waals surface area contributed by atoms with Crippen LogP contribution in [-0.4, -0.2) is 46.9 Å². The van der Waals surface area contributed by atoms with Crippen molar-refractivity contribution in [3.8, 4) is 0 Å². The maximum Gasteiger partial charge on any atom is 0.331 e. The van der Waals surface area contributed by atoms with Crippen molar-refractivity contribution < 1.29 is 34.1 Å². The van der Waals surface area contributed by atoms with Crippen LogP contribution in [0.5, 0.6) is 0 Å². The number of aliphatic carboxylic acids is 1. The van der Waals surface area contributed by atoms with Crippen molar-refractivity contribution in [3.63, 3.8) is 0 Å². The number of cyclic esters (lactones) is 1. The molecule has 1 saturated carbocycles. The van der Waals surface area contributed by atoms with Crippen LogP contribution < -0.4 is 0 Å². The molecule has 172 valence electrons. The lowest BCUT2D eigenvalue weighted by Gasteiger charge is -2.60. The SMILES string of the molecule is CC1=CCC2C(C)(C)C(O)C(OC(=O)CCC(=O)O)CC2(C)C1CCC1=CC(=O)OC1. The Hall–Kier alpha value is -2.15. The number of allylic oxidation sites excluding steroid dienone is 2. The van der Waals surface area contributed by atoms with Crippen molar-refractivity contribution in [1.29, 1.82) is 0 Å². The minimum Gasteiger partial charge on any atom is -0.481 e. The van der Waals surface area contributed by atoms with Crippen LogP contribution in [0.2, 0.25) is 0 Å². The first-order chi connectivity index (χ1) is 14.4. The summed E-state index contributed by atoms with van der Waals surface area (Å²) in [5, 5.41) is 19.9. The van der Waals surface area contributed by atoms with E-state index < -0.39 is 29.6 Å². The van der Waals surface area contributed by atoms with Gasteiger partial charge in [-0.2, -0.15) is 0 Å². The summed E-state index contributed by atoms with van der Waals surface area (Å²) in [6.07, 6.45) is 4.82. The number of hydrogen-bond acceptors (Lipinski definition) is 6. The number of carbonyl (C=O) groups is 3. The van der Waals surface area contributed by atoms with Gasteiger partial charge in [0, 0.05) is 6.08 Å². The second-order valence-corrected chi connectivity index (χ2v) is 10.1. The van der Waals surface area contributed by atoms with Gasteiger partial charge in [-0.15, -0.1) is 0 Å². The van der Waals surface area contributed by atoms with Gasteiger partial charge >= 0.3 is 17.9 Å². The highest BCUT2D eigenvalue weighted by atomic mass is 16.6. The zero-order chi connectivity index (χ0) is 23.0. The maximum atomic E-state index is 12.3. The fourth-order valence-electron chi connectivity index (χ4n) is 6.13. The molecule has 0 aromatic rings. The third-order valence-electron chi connectivity index (χ3n) is 7.77. The van der Waals surface area contributed by atoms with Crippen molar-refractivity contribution in [2.75, 3.05) is 6.61 Å². The predicted molar refractivity (Wildman–Crippen MR) is 113 cm³/mol. The molecule has 7 heteroatoms. The van der Waals surface area contributed by atoms with Gasteiger partial charge in [-0.25, -0.2) is 4.79 Å². The summed E-state index contributed by atoms with van der Waals surface area (Å²) in [6.45, 7) is 8.74. The molecular formula is C24H34O7. The highest BCUT2D eigenvalue weighted by Crippen LogP contribution is 2.61. The van der Waals surface area contributed by atoms with E-state index in [2.05, 4.69) is 19.9 Å². The van der Waals surface area contributed by atoms with Gasteiger partial charge in [0.1, 0.15) is 12.7 Å². The molecular weight excluding hydrogens is 400 g/mol. The molecule has 0 aromatic heterocycles. The van der Waals surface area contributed by atoms with Crippen LogP contribution in [0.4, 0.5) is 0 Å². The molecule has 0 amide bonds. The Labute approximate surface area is 183 Å². The van der Waals surface area contributed by atoms with Crippen LogP contribution in [0.1, 0.15) is 66.2 Å². The molecule has 1 aliphatic heterocycles. The number of esters is 2. The number of carbonyl (C=O) groups excluding carboxylic acids is 2. The highest BCUT2D eigenvalue weighted by molar-refractivity contribution is 5.85. The quantitative estimate of drug-likeness (QED) is 0.467. The number of aliphatic hydroxyl groups excluding tert-OH is 1. The predicted octanol–water partition coefficient (Wildman–Crippen LogP) is 3.41. The molecule has 3 rings (SSSR count). The number of carboxylic acid groups (broad SMARTS) is 1. The zero-order valence-electron chi connectivity index (χ0n) is 18.8. The normalized spacial score (nSPS) is 34.3. The monoisotopic (exact) mass is 434 g/mol. The Balaban J connectivity index is 1.81. The van der Waals surface area contributed by atoms with Gasteiger partial charge in [-0.3, -0.25) is 9.59 Å². The standard InChI is InChI=1S/C24H34O7/c1-14-5-8-18-23(2,3)22(29)17(31-20(27)10-9-19(25)26)12-24(18,4)16(14)7-6-15-11-21(28)30-13-15/h5,11,16-18,22,29H,6-10,12-13H2,1-4H3,(H,25,26). The summed E-state index contributed by atoms with van der Waals surface area (Å²) in [5.41, 5.74) is 1.60. The summed E-state index contributed by atoms with van der Waals surface area (Å²) in [5.74, 6) is -1.51. The van der Waals surface area contributed by atoms with Crippen LogP contribution in [0.25, 0.3) is 0 Å². The number of ether oxygens (including phenoxy) is 2. The molecule has 1 fully saturated rings. The van der Waals surface area contributed by atoms with Crippen LogP contribution in [0.15, 0.2) is 23.3 Å². The Kier molecular flexibility index (Phi) is 6.65. The molecule has 31 heavy (non-hydrogen) atoms. The topological polar surface area (TPSA) is 110 Å². The molecule has 0 bridgehead atoms. The Morgan fingerprint density at radius 3 is 2.58 bits per heavy atom. The summed E-state index contributed by atoms with van der Waals surface area (Å²) in [7, 11) is 0. The first-order valence-corrected chi connectivity index (χ1v) is 11.1. The summed E-state index contributed by atoms with van der Waals surface area (Å²) in [6, 6.07) is 0. The molecule has 5 atom stereocenters. The Morgan fingerprint density at radius 2 is 1.97 bits per heavy atom. The van der Waals surface area contributed by atoms with E-state index in [9.17, 15) is 19.5 Å². The zero-order valence-corrected chi connectivity index (χ0v) is 18.8. The van der Waals surface area contributed by atoms with Gasteiger partial charge in [0.15, 0.2) is 0 Å². The lowest BCUT2D eigenvalue weighted by atomic mass is 9.46. The van der Waals surface area contributed by atoms with Crippen LogP contribution in [0.3, 0.4) is 0 Å². The van der Waals surface area contributed by atoms with E-state index in [4.69, 9.17) is 14.6 Å². The van der Waals surface area contributed by atoms with E-state index in [0.717, 1.165) is 24.8 Å². The largest absolute Gasteiger partial charge is 0.481 e. The first kappa shape index (κ1) is 23.5. The second-order valence-electron chi connectivity index (χ2n) is 10.1. The van der Waals surface area contributed by atoms with Gasteiger partial charge in [-0.1, -0.05) is 32.4 Å². The van der Waals surface area contributed by atoms with Crippen molar-refractivity contribution >= 4 is 17.9 Å². The van der Waals surface area contributed by atoms with Gasteiger partial charge in [-0.05, 0) is 60.8 Å². The third kappa shape index (κ3) is 4.71. The third-order valence-corrected chi connectivity index (χ3v) is 7.77. The van der Waals surface area contributed by atoms with E-state index in [0.29, 0.717) is 13.0 Å². The number of aliphatic hydroxyl groups is 1. The smallest absolute Gasteiger partial charge is 0.331 e. The fourth-order valence-corrected chi connectivity index (χ4v) is 6.13. The molecule has 2 N–H and O–H groups in total. The van der Waals surface area contributed by atoms with E-state index in [1.165, 1.54) is 5.57 Å².